The number of nitrogens with one attached hydrogen (secondary N) is 1. The zero-order chi connectivity index (χ0) is 20.5. The van der Waals surface area contributed by atoms with E-state index in [-0.39, 0.29) is 29.7 Å². The van der Waals surface area contributed by atoms with Gasteiger partial charge < -0.3 is 10.2 Å². The van der Waals surface area contributed by atoms with Crippen LogP contribution in [0.15, 0.2) is 54.6 Å². The lowest BCUT2D eigenvalue weighted by atomic mass is 9.95. The number of carbonyl (C=O) groups is 2. The van der Waals surface area contributed by atoms with Gasteiger partial charge in [0.25, 0.3) is 0 Å². The molecule has 2 fully saturated rings. The minimum atomic E-state index is -0.418. The van der Waals surface area contributed by atoms with E-state index in [1.165, 1.54) is 5.56 Å². The van der Waals surface area contributed by atoms with Gasteiger partial charge in [0.1, 0.15) is 6.04 Å². The number of halogens is 1. The largest absolute Gasteiger partial charge is 0.346 e. The van der Waals surface area contributed by atoms with E-state index in [1.54, 1.807) is 0 Å². The maximum Gasteiger partial charge on any atom is 0.243 e. The topological polar surface area (TPSA) is 49.4 Å². The number of amides is 2. The van der Waals surface area contributed by atoms with Crippen molar-refractivity contribution in [2.75, 3.05) is 6.54 Å². The van der Waals surface area contributed by atoms with Crippen molar-refractivity contribution >= 4 is 23.4 Å². The highest BCUT2D eigenvalue weighted by molar-refractivity contribution is 6.31. The first-order valence-electron chi connectivity index (χ1n) is 10.4. The first kappa shape index (κ1) is 20.0. The normalized spacial score (nSPS) is 26.3. The average molecular weight is 411 g/mol. The maximum absolute atomic E-state index is 13.5. The van der Waals surface area contributed by atoms with Crippen LogP contribution in [-0.2, 0) is 9.59 Å². The van der Waals surface area contributed by atoms with E-state index in [2.05, 4.69) is 31.3 Å². The second-order valence-electron chi connectivity index (χ2n) is 8.58. The van der Waals surface area contributed by atoms with Gasteiger partial charge in [0.15, 0.2) is 0 Å². The average Bonchev–Trinajstić information content (AvgIpc) is 3.50. The summed E-state index contributed by atoms with van der Waals surface area (Å²) < 4.78 is 0. The Kier molecular flexibility index (Phi) is 5.64. The van der Waals surface area contributed by atoms with Gasteiger partial charge in [0, 0.05) is 17.5 Å². The SMILES string of the molecule is CC(C)C[C@H]1C(=O)N[C@@H](c2ccccc2Cl)CN1C(=O)[C@@H]1C[C@H]1c1ccccc1. The monoisotopic (exact) mass is 410 g/mol. The van der Waals surface area contributed by atoms with Gasteiger partial charge in [-0.05, 0) is 41.9 Å². The van der Waals surface area contributed by atoms with Gasteiger partial charge in [-0.25, -0.2) is 0 Å². The van der Waals surface area contributed by atoms with E-state index >= 15 is 0 Å². The van der Waals surface area contributed by atoms with Crippen LogP contribution in [0, 0.1) is 11.8 Å². The summed E-state index contributed by atoms with van der Waals surface area (Å²) in [7, 11) is 0. The van der Waals surface area contributed by atoms with Crippen molar-refractivity contribution in [1.82, 2.24) is 10.2 Å². The third-order valence-electron chi connectivity index (χ3n) is 5.97. The summed E-state index contributed by atoms with van der Waals surface area (Å²) in [5.41, 5.74) is 2.06. The van der Waals surface area contributed by atoms with Gasteiger partial charge >= 0.3 is 0 Å². The number of rotatable bonds is 5. The van der Waals surface area contributed by atoms with E-state index in [9.17, 15) is 9.59 Å². The summed E-state index contributed by atoms with van der Waals surface area (Å²) in [6.07, 6.45) is 1.52. The van der Waals surface area contributed by atoms with Gasteiger partial charge in [0.05, 0.1) is 6.04 Å². The van der Waals surface area contributed by atoms with Crippen LogP contribution >= 0.6 is 11.6 Å². The molecule has 29 heavy (non-hydrogen) atoms. The predicted molar refractivity (Wildman–Crippen MR) is 115 cm³/mol. The smallest absolute Gasteiger partial charge is 0.243 e. The van der Waals surface area contributed by atoms with E-state index in [0.29, 0.717) is 23.9 Å². The molecule has 2 aromatic carbocycles. The third-order valence-corrected chi connectivity index (χ3v) is 6.31. The Morgan fingerprint density at radius 3 is 2.52 bits per heavy atom. The maximum atomic E-state index is 13.5. The van der Waals surface area contributed by atoms with Crippen molar-refractivity contribution in [1.29, 1.82) is 0 Å². The molecule has 1 heterocycles. The van der Waals surface area contributed by atoms with Gasteiger partial charge in [-0.1, -0.05) is 74.0 Å². The summed E-state index contributed by atoms with van der Waals surface area (Å²) in [6.45, 7) is 4.63. The summed E-state index contributed by atoms with van der Waals surface area (Å²) >= 11 is 6.38. The lowest BCUT2D eigenvalue weighted by Gasteiger charge is -2.40. The molecule has 0 bridgehead atoms. The lowest BCUT2D eigenvalue weighted by molar-refractivity contribution is -0.146. The van der Waals surface area contributed by atoms with Gasteiger partial charge in [-0.3, -0.25) is 9.59 Å². The number of hydrogen-bond acceptors (Lipinski definition) is 2. The molecule has 152 valence electrons. The Hall–Kier alpha value is -2.33. The second-order valence-corrected chi connectivity index (χ2v) is 8.99. The number of nitrogens with zero attached hydrogens (tertiary/aromatic N) is 1. The molecule has 1 saturated carbocycles. The molecule has 2 aliphatic rings. The first-order valence-corrected chi connectivity index (χ1v) is 10.7. The molecular formula is C24H27ClN2O2. The molecule has 4 atom stereocenters. The second kappa shape index (κ2) is 8.19. The number of piperazine rings is 1. The van der Waals surface area contributed by atoms with Gasteiger partial charge in [-0.2, -0.15) is 0 Å². The zero-order valence-corrected chi connectivity index (χ0v) is 17.6. The van der Waals surface area contributed by atoms with Crippen molar-refractivity contribution in [2.45, 2.75) is 44.7 Å². The van der Waals surface area contributed by atoms with Crippen molar-refractivity contribution < 1.29 is 9.59 Å². The van der Waals surface area contributed by atoms with Gasteiger partial charge in [0.2, 0.25) is 11.8 Å². The Labute approximate surface area is 177 Å². The number of benzene rings is 2. The zero-order valence-electron chi connectivity index (χ0n) is 16.8. The molecule has 1 N–H and O–H groups in total. The highest BCUT2D eigenvalue weighted by Crippen LogP contribution is 2.49. The van der Waals surface area contributed by atoms with Crippen LogP contribution in [0.1, 0.15) is 49.8 Å². The minimum Gasteiger partial charge on any atom is -0.346 e. The van der Waals surface area contributed by atoms with Crippen LogP contribution in [0.4, 0.5) is 0 Å². The van der Waals surface area contributed by atoms with E-state index in [0.717, 1.165) is 12.0 Å². The van der Waals surface area contributed by atoms with E-state index in [4.69, 9.17) is 11.6 Å². The van der Waals surface area contributed by atoms with Crippen LogP contribution in [0.3, 0.4) is 0 Å². The van der Waals surface area contributed by atoms with Crippen LogP contribution in [0.5, 0.6) is 0 Å². The Bertz CT molecular complexity index is 899. The van der Waals surface area contributed by atoms with E-state index < -0.39 is 6.04 Å². The fourth-order valence-corrected chi connectivity index (χ4v) is 4.65. The molecule has 0 spiro atoms. The Morgan fingerprint density at radius 2 is 1.83 bits per heavy atom. The highest BCUT2D eigenvalue weighted by atomic mass is 35.5. The molecule has 0 aromatic heterocycles. The fourth-order valence-electron chi connectivity index (χ4n) is 4.39. The highest BCUT2D eigenvalue weighted by Gasteiger charge is 2.49. The molecule has 0 radical (unpaired) electrons. The first-order chi connectivity index (χ1) is 14.0. The summed E-state index contributed by atoms with van der Waals surface area (Å²) in [6, 6.07) is 17.0. The van der Waals surface area contributed by atoms with Crippen LogP contribution in [0.2, 0.25) is 5.02 Å². The Morgan fingerprint density at radius 1 is 1.14 bits per heavy atom. The van der Waals surface area contributed by atoms with Crippen LogP contribution in [0.25, 0.3) is 0 Å². The van der Waals surface area contributed by atoms with Crippen molar-refractivity contribution in [3.8, 4) is 0 Å². The molecule has 4 nitrogen and oxygen atoms in total. The molecule has 4 rings (SSSR count). The molecule has 1 saturated heterocycles. The predicted octanol–water partition coefficient (Wildman–Crippen LogP) is 4.56. The summed E-state index contributed by atoms with van der Waals surface area (Å²) in [5.74, 6) is 0.551. The molecule has 2 amide bonds. The van der Waals surface area contributed by atoms with Crippen molar-refractivity contribution in [3.05, 3.63) is 70.7 Å². The summed E-state index contributed by atoms with van der Waals surface area (Å²) in [5, 5.41) is 3.71. The number of hydrogen-bond donors (Lipinski definition) is 1. The number of carbonyl (C=O) groups excluding carboxylic acids is 2. The Balaban J connectivity index is 1.57. The molecule has 5 heteroatoms. The van der Waals surface area contributed by atoms with Gasteiger partial charge in [-0.15, -0.1) is 0 Å². The lowest BCUT2D eigenvalue weighted by Crippen LogP contribution is -2.59. The fraction of sp³-hybridized carbons (Fsp3) is 0.417. The summed E-state index contributed by atoms with van der Waals surface area (Å²) in [4.78, 5) is 28.3. The molecule has 1 aliphatic heterocycles. The van der Waals surface area contributed by atoms with Crippen molar-refractivity contribution in [3.63, 3.8) is 0 Å². The molecule has 2 aromatic rings. The molecule has 1 aliphatic carbocycles. The van der Waals surface area contributed by atoms with Crippen molar-refractivity contribution in [2.24, 2.45) is 11.8 Å². The molecule has 0 unspecified atom stereocenters. The third kappa shape index (κ3) is 4.18. The quantitative estimate of drug-likeness (QED) is 0.785. The van der Waals surface area contributed by atoms with Crippen LogP contribution < -0.4 is 5.32 Å². The van der Waals surface area contributed by atoms with E-state index in [1.807, 2.05) is 47.4 Å². The standard InChI is InChI=1S/C24H27ClN2O2/c1-15(2)12-22-23(28)26-21(17-10-6-7-11-20(17)25)14-27(22)24(29)19-13-18(19)16-8-4-3-5-9-16/h3-11,15,18-19,21-22H,12-14H2,1-2H3,(H,26,28)/t18-,19+,21+,22-/m0/s1. The minimum absolute atomic E-state index is 0.0372. The molecular weight excluding hydrogens is 384 g/mol. The van der Waals surface area contributed by atoms with Crippen LogP contribution in [-0.4, -0.2) is 29.3 Å².